The van der Waals surface area contributed by atoms with E-state index in [9.17, 15) is 0 Å². The van der Waals surface area contributed by atoms with Gasteiger partial charge in [0.1, 0.15) is 18.9 Å². The van der Waals surface area contributed by atoms with E-state index in [1.807, 2.05) is 23.3 Å². The fraction of sp³-hybridized carbons (Fsp3) is 0.571. The Hall–Kier alpha value is -0.350. The van der Waals surface area contributed by atoms with Gasteiger partial charge in [-0.05, 0) is 6.92 Å². The summed E-state index contributed by atoms with van der Waals surface area (Å²) < 4.78 is 4.03. The fourth-order valence-electron chi connectivity index (χ4n) is 0.874. The predicted octanol–water partition coefficient (Wildman–Crippen LogP) is -3.21. The zero-order chi connectivity index (χ0) is 7.40. The van der Waals surface area contributed by atoms with Crippen molar-refractivity contribution in [3.8, 4) is 0 Å². The predicted molar refractivity (Wildman–Crippen MR) is 37.4 cm³/mol. The summed E-state index contributed by atoms with van der Waals surface area (Å²) in [7, 11) is 0. The summed E-state index contributed by atoms with van der Waals surface area (Å²) in [6.45, 7) is 3.97. The minimum atomic E-state index is 0. The maximum Gasteiger partial charge on any atom is 0.243 e. The monoisotopic (exact) mass is 220 g/mol. The molecular weight excluding hydrogens is 208 g/mol. The summed E-state index contributed by atoms with van der Waals surface area (Å²) in [5.74, 6) is 0. The number of aromatic nitrogens is 2. The van der Waals surface area contributed by atoms with Crippen molar-refractivity contribution >= 4 is 0 Å². The van der Waals surface area contributed by atoms with Crippen molar-refractivity contribution in [3.05, 3.63) is 18.7 Å². The molecule has 0 aliphatic carbocycles. The number of nitrogens with zero attached hydrogens (tertiary/aromatic N) is 2. The van der Waals surface area contributed by atoms with Gasteiger partial charge in [0.05, 0.1) is 13.2 Å². The quantitative estimate of drug-likeness (QED) is 0.535. The third-order valence-corrected chi connectivity index (χ3v) is 1.47. The Bertz CT molecular complexity index is 200. The van der Waals surface area contributed by atoms with Gasteiger partial charge < -0.3 is 22.1 Å². The van der Waals surface area contributed by atoms with Gasteiger partial charge in [-0.3, -0.25) is 0 Å². The van der Waals surface area contributed by atoms with E-state index < -0.39 is 0 Å². The summed E-state index contributed by atoms with van der Waals surface area (Å²) in [4.78, 5) is 0. The molecule has 4 heteroatoms. The summed E-state index contributed by atoms with van der Waals surface area (Å²) in [6, 6.07) is 0. The molecule has 0 saturated heterocycles. The zero-order valence-corrected chi connectivity index (χ0v) is 8.16. The largest absolute Gasteiger partial charge is 1.00 e. The van der Waals surface area contributed by atoms with Crippen molar-refractivity contribution < 1.29 is 26.7 Å². The smallest absolute Gasteiger partial charge is 0.243 e. The highest BCUT2D eigenvalue weighted by Gasteiger charge is 1.98. The SMILES string of the molecule is CCn1cc[n+](CCO)c1.[Br-]. The van der Waals surface area contributed by atoms with Crippen LogP contribution in [0.15, 0.2) is 18.7 Å². The third-order valence-electron chi connectivity index (χ3n) is 1.47. The normalized spacial score (nSPS) is 9.27. The van der Waals surface area contributed by atoms with E-state index in [0.29, 0.717) is 6.54 Å². The van der Waals surface area contributed by atoms with Crippen LogP contribution in [-0.2, 0) is 13.1 Å². The average Bonchev–Trinajstić information content (AvgIpc) is 2.37. The second-order valence-corrected chi connectivity index (χ2v) is 2.21. The van der Waals surface area contributed by atoms with Crippen LogP contribution in [0.1, 0.15) is 6.92 Å². The first kappa shape index (κ1) is 10.7. The number of halogens is 1. The van der Waals surface area contributed by atoms with E-state index in [4.69, 9.17) is 5.11 Å². The summed E-state index contributed by atoms with van der Waals surface area (Å²) in [6.07, 6.45) is 5.94. The Morgan fingerprint density at radius 2 is 2.27 bits per heavy atom. The molecule has 1 heterocycles. The van der Waals surface area contributed by atoms with Gasteiger partial charge in [0.15, 0.2) is 0 Å². The van der Waals surface area contributed by atoms with Crippen LogP contribution in [0.25, 0.3) is 0 Å². The lowest BCUT2D eigenvalue weighted by molar-refractivity contribution is -0.697. The third kappa shape index (κ3) is 3.03. The van der Waals surface area contributed by atoms with Crippen LogP contribution in [0.3, 0.4) is 0 Å². The second kappa shape index (κ2) is 5.32. The van der Waals surface area contributed by atoms with E-state index in [0.717, 1.165) is 6.54 Å². The molecule has 0 atom stereocenters. The molecule has 0 aromatic carbocycles. The Balaban J connectivity index is 0.000001000. The van der Waals surface area contributed by atoms with E-state index in [1.54, 1.807) is 0 Å². The van der Waals surface area contributed by atoms with Crippen LogP contribution in [0, 0.1) is 0 Å². The highest BCUT2D eigenvalue weighted by Crippen LogP contribution is 1.81. The highest BCUT2D eigenvalue weighted by atomic mass is 79.9. The molecule has 0 fully saturated rings. The molecule has 0 saturated carbocycles. The zero-order valence-electron chi connectivity index (χ0n) is 6.57. The van der Waals surface area contributed by atoms with Crippen LogP contribution in [-0.4, -0.2) is 16.3 Å². The number of aliphatic hydroxyl groups excluding tert-OH is 1. The molecule has 1 N–H and O–H groups in total. The molecule has 1 aromatic rings. The number of hydrogen-bond donors (Lipinski definition) is 1. The van der Waals surface area contributed by atoms with Gasteiger partial charge in [-0.2, -0.15) is 0 Å². The van der Waals surface area contributed by atoms with Crippen LogP contribution in [0.5, 0.6) is 0 Å². The minimum Gasteiger partial charge on any atom is -1.00 e. The molecule has 64 valence electrons. The van der Waals surface area contributed by atoms with Gasteiger partial charge in [-0.1, -0.05) is 0 Å². The van der Waals surface area contributed by atoms with Crippen LogP contribution >= 0.6 is 0 Å². The standard InChI is InChI=1S/C7H13N2O.BrH/c1-2-8-3-4-9(7-8)5-6-10;/h3-4,7,10H,2,5-6H2,1H3;1H/q+1;/p-1. The number of hydrogen-bond acceptors (Lipinski definition) is 1. The van der Waals surface area contributed by atoms with Gasteiger partial charge in [0, 0.05) is 0 Å². The van der Waals surface area contributed by atoms with E-state index >= 15 is 0 Å². The Morgan fingerprint density at radius 1 is 1.55 bits per heavy atom. The lowest BCUT2D eigenvalue weighted by atomic mass is 10.7. The maximum atomic E-state index is 8.57. The van der Waals surface area contributed by atoms with Gasteiger partial charge in [-0.15, -0.1) is 0 Å². The second-order valence-electron chi connectivity index (χ2n) is 2.21. The van der Waals surface area contributed by atoms with Crippen LogP contribution < -0.4 is 21.5 Å². The maximum absolute atomic E-state index is 8.57. The lowest BCUT2D eigenvalue weighted by Crippen LogP contribution is -3.00. The lowest BCUT2D eigenvalue weighted by Gasteiger charge is -1.88. The molecule has 1 rings (SSSR count). The molecule has 11 heavy (non-hydrogen) atoms. The topological polar surface area (TPSA) is 29.0 Å². The molecule has 0 aliphatic rings. The van der Waals surface area contributed by atoms with Crippen molar-refractivity contribution in [1.82, 2.24) is 4.57 Å². The van der Waals surface area contributed by atoms with E-state index in [2.05, 4.69) is 11.5 Å². The number of imidazole rings is 1. The van der Waals surface area contributed by atoms with Crippen molar-refractivity contribution in [2.45, 2.75) is 20.0 Å². The molecule has 0 aliphatic heterocycles. The molecule has 0 bridgehead atoms. The molecule has 3 nitrogen and oxygen atoms in total. The highest BCUT2D eigenvalue weighted by molar-refractivity contribution is 4.64. The molecule has 0 radical (unpaired) electrons. The van der Waals surface area contributed by atoms with Gasteiger partial charge in [0.25, 0.3) is 0 Å². The van der Waals surface area contributed by atoms with Gasteiger partial charge in [-0.25, -0.2) is 9.13 Å². The van der Waals surface area contributed by atoms with Crippen molar-refractivity contribution in [1.29, 1.82) is 0 Å². The van der Waals surface area contributed by atoms with E-state index in [1.165, 1.54) is 0 Å². The number of rotatable bonds is 3. The first-order chi connectivity index (χ1) is 4.86. The fourth-order valence-corrected chi connectivity index (χ4v) is 0.874. The number of aryl methyl sites for hydroxylation is 1. The van der Waals surface area contributed by atoms with Crippen LogP contribution in [0.4, 0.5) is 0 Å². The minimum absolute atomic E-state index is 0. The molecule has 0 unspecified atom stereocenters. The van der Waals surface area contributed by atoms with Crippen molar-refractivity contribution in [2.75, 3.05) is 6.61 Å². The van der Waals surface area contributed by atoms with E-state index in [-0.39, 0.29) is 23.6 Å². The molecule has 0 spiro atoms. The first-order valence-corrected chi connectivity index (χ1v) is 3.52. The summed E-state index contributed by atoms with van der Waals surface area (Å²) in [5.41, 5.74) is 0. The van der Waals surface area contributed by atoms with Crippen molar-refractivity contribution in [3.63, 3.8) is 0 Å². The molecule has 0 amide bonds. The van der Waals surface area contributed by atoms with Crippen molar-refractivity contribution in [2.24, 2.45) is 0 Å². The Morgan fingerprint density at radius 3 is 2.73 bits per heavy atom. The summed E-state index contributed by atoms with van der Waals surface area (Å²) >= 11 is 0. The van der Waals surface area contributed by atoms with Gasteiger partial charge >= 0.3 is 0 Å². The first-order valence-electron chi connectivity index (χ1n) is 3.52. The van der Waals surface area contributed by atoms with Crippen LogP contribution in [0.2, 0.25) is 0 Å². The van der Waals surface area contributed by atoms with Gasteiger partial charge in [0.2, 0.25) is 6.33 Å². The Labute approximate surface area is 77.0 Å². The Kier molecular flexibility index (Phi) is 5.15. The summed E-state index contributed by atoms with van der Waals surface area (Å²) in [5, 5.41) is 8.57. The average molecular weight is 221 g/mol. The molecule has 1 aromatic heterocycles. The number of aliphatic hydroxyl groups is 1. The molecular formula is C7H13BrN2O.